The van der Waals surface area contributed by atoms with E-state index in [-0.39, 0.29) is 11.9 Å². The van der Waals surface area contributed by atoms with Crippen molar-refractivity contribution < 1.29 is 9.53 Å². The number of rotatable bonds is 7. The van der Waals surface area contributed by atoms with E-state index in [0.717, 1.165) is 30.3 Å². The molecule has 1 atom stereocenters. The molecule has 5 heteroatoms. The summed E-state index contributed by atoms with van der Waals surface area (Å²) in [7, 11) is 0. The largest absolute Gasteiger partial charge is 0.493 e. The highest BCUT2D eigenvalue weighted by Crippen LogP contribution is 2.31. The van der Waals surface area contributed by atoms with Crippen LogP contribution < -0.4 is 10.1 Å². The Morgan fingerprint density at radius 2 is 1.88 bits per heavy atom. The lowest BCUT2D eigenvalue weighted by Gasteiger charge is -2.35. The molecule has 1 amide bonds. The van der Waals surface area contributed by atoms with Crippen LogP contribution in [0.15, 0.2) is 77.5 Å². The van der Waals surface area contributed by atoms with Gasteiger partial charge in [-0.25, -0.2) is 0 Å². The van der Waals surface area contributed by atoms with Crippen LogP contribution in [0.2, 0.25) is 0 Å². The molecule has 2 heterocycles. The second kappa shape index (κ2) is 9.77. The first kappa shape index (κ1) is 21.7. The first-order valence-electron chi connectivity index (χ1n) is 11.5. The fraction of sp³-hybridized carbons (Fsp3) is 0.250. The highest BCUT2D eigenvalue weighted by atomic mass is 32.1. The molecule has 0 aliphatic carbocycles. The fourth-order valence-corrected chi connectivity index (χ4v) is 5.45. The predicted molar refractivity (Wildman–Crippen MR) is 135 cm³/mol. The Morgan fingerprint density at radius 3 is 2.70 bits per heavy atom. The molecular weight excluding hydrogens is 428 g/mol. The van der Waals surface area contributed by atoms with E-state index in [1.165, 1.54) is 16.7 Å². The number of benzene rings is 3. The summed E-state index contributed by atoms with van der Waals surface area (Å²) < 4.78 is 5.83. The van der Waals surface area contributed by atoms with Crippen LogP contribution in [0, 0.1) is 0 Å². The van der Waals surface area contributed by atoms with E-state index in [1.54, 1.807) is 11.3 Å². The van der Waals surface area contributed by atoms with E-state index >= 15 is 0 Å². The van der Waals surface area contributed by atoms with Gasteiger partial charge in [-0.3, -0.25) is 9.69 Å². The van der Waals surface area contributed by atoms with Gasteiger partial charge in [0.2, 0.25) is 0 Å². The number of amides is 1. The van der Waals surface area contributed by atoms with Crippen LogP contribution in [-0.2, 0) is 13.0 Å². The van der Waals surface area contributed by atoms with Crippen molar-refractivity contribution in [2.75, 3.05) is 19.7 Å². The molecular formula is C28H28N2O2S. The standard InChI is InChI=1S/C28H28N2O2S/c1-2-32-26-12-11-21-8-5-6-10-24(21)27(26)28(31)29-17-25(23-14-16-33-19-23)30-15-13-20-7-3-4-9-22(20)18-30/h3-12,14,16,19,25H,2,13,15,17-18H2,1H3,(H,29,31). The van der Waals surface area contributed by atoms with Crippen molar-refractivity contribution in [3.05, 3.63) is 99.7 Å². The summed E-state index contributed by atoms with van der Waals surface area (Å²) in [6.07, 6.45) is 1.03. The zero-order valence-electron chi connectivity index (χ0n) is 18.8. The van der Waals surface area contributed by atoms with E-state index in [9.17, 15) is 4.79 Å². The minimum Gasteiger partial charge on any atom is -0.493 e. The molecule has 0 fully saturated rings. The van der Waals surface area contributed by atoms with Gasteiger partial charge in [0.1, 0.15) is 5.75 Å². The molecule has 168 valence electrons. The number of ether oxygens (including phenoxy) is 1. The van der Waals surface area contributed by atoms with Crippen molar-refractivity contribution in [3.8, 4) is 5.75 Å². The number of carbonyl (C=O) groups is 1. The Bertz CT molecular complexity index is 1250. The first-order valence-corrected chi connectivity index (χ1v) is 12.4. The van der Waals surface area contributed by atoms with Gasteiger partial charge in [0.05, 0.1) is 18.2 Å². The summed E-state index contributed by atoms with van der Waals surface area (Å²) >= 11 is 1.70. The topological polar surface area (TPSA) is 41.6 Å². The van der Waals surface area contributed by atoms with Crippen molar-refractivity contribution in [2.24, 2.45) is 0 Å². The molecule has 3 aromatic carbocycles. The van der Waals surface area contributed by atoms with E-state index in [4.69, 9.17) is 4.74 Å². The molecule has 1 N–H and O–H groups in total. The summed E-state index contributed by atoms with van der Waals surface area (Å²) in [5.74, 6) is 0.542. The van der Waals surface area contributed by atoms with Gasteiger partial charge in [0.25, 0.3) is 5.91 Å². The predicted octanol–water partition coefficient (Wildman–Crippen LogP) is 5.83. The van der Waals surface area contributed by atoms with Gasteiger partial charge >= 0.3 is 0 Å². The van der Waals surface area contributed by atoms with Crippen molar-refractivity contribution in [1.82, 2.24) is 10.2 Å². The molecule has 33 heavy (non-hydrogen) atoms. The number of hydrogen-bond donors (Lipinski definition) is 1. The number of carbonyl (C=O) groups excluding carboxylic acids is 1. The normalized spacial score (nSPS) is 14.6. The van der Waals surface area contributed by atoms with Crippen LogP contribution in [0.5, 0.6) is 5.75 Å². The second-order valence-electron chi connectivity index (χ2n) is 8.36. The minimum absolute atomic E-state index is 0.0899. The van der Waals surface area contributed by atoms with Gasteiger partial charge < -0.3 is 10.1 Å². The van der Waals surface area contributed by atoms with Gasteiger partial charge in [-0.2, -0.15) is 11.3 Å². The highest BCUT2D eigenvalue weighted by Gasteiger charge is 2.26. The lowest BCUT2D eigenvalue weighted by Crippen LogP contribution is -2.40. The van der Waals surface area contributed by atoms with Crippen molar-refractivity contribution in [1.29, 1.82) is 0 Å². The monoisotopic (exact) mass is 456 g/mol. The van der Waals surface area contributed by atoms with Crippen LogP contribution in [-0.4, -0.2) is 30.5 Å². The number of nitrogens with one attached hydrogen (secondary N) is 1. The van der Waals surface area contributed by atoms with Crippen molar-refractivity contribution in [3.63, 3.8) is 0 Å². The van der Waals surface area contributed by atoms with E-state index in [1.807, 2.05) is 43.3 Å². The molecule has 0 spiro atoms. The smallest absolute Gasteiger partial charge is 0.255 e. The highest BCUT2D eigenvalue weighted by molar-refractivity contribution is 7.08. The third-order valence-corrected chi connectivity index (χ3v) is 7.10. The third-order valence-electron chi connectivity index (χ3n) is 6.40. The lowest BCUT2D eigenvalue weighted by atomic mass is 9.97. The zero-order chi connectivity index (χ0) is 22.6. The van der Waals surface area contributed by atoms with Crippen LogP contribution >= 0.6 is 11.3 Å². The molecule has 0 saturated carbocycles. The van der Waals surface area contributed by atoms with Crippen molar-refractivity contribution in [2.45, 2.75) is 25.9 Å². The molecule has 1 aliphatic heterocycles. The minimum atomic E-state index is -0.0899. The second-order valence-corrected chi connectivity index (χ2v) is 9.14. The van der Waals surface area contributed by atoms with E-state index in [2.05, 4.69) is 51.3 Å². The summed E-state index contributed by atoms with van der Waals surface area (Å²) in [6, 6.07) is 22.9. The fourth-order valence-electron chi connectivity index (χ4n) is 4.75. The average Bonchev–Trinajstić information content (AvgIpc) is 3.38. The van der Waals surface area contributed by atoms with Gasteiger partial charge in [0, 0.05) is 19.6 Å². The molecule has 0 radical (unpaired) electrons. The Balaban J connectivity index is 1.41. The summed E-state index contributed by atoms with van der Waals surface area (Å²) in [5, 5.41) is 9.50. The van der Waals surface area contributed by atoms with Crippen LogP contribution in [0.4, 0.5) is 0 Å². The van der Waals surface area contributed by atoms with E-state index in [0.29, 0.717) is 24.5 Å². The first-order chi connectivity index (χ1) is 16.2. The maximum atomic E-state index is 13.5. The quantitative estimate of drug-likeness (QED) is 0.380. The molecule has 0 bridgehead atoms. The Kier molecular flexibility index (Phi) is 6.42. The molecule has 0 saturated heterocycles. The average molecular weight is 457 g/mol. The maximum absolute atomic E-state index is 13.5. The summed E-state index contributed by atoms with van der Waals surface area (Å²) in [4.78, 5) is 16.0. The summed E-state index contributed by atoms with van der Waals surface area (Å²) in [6.45, 7) is 4.88. The number of thiophene rings is 1. The van der Waals surface area contributed by atoms with E-state index < -0.39 is 0 Å². The molecule has 4 aromatic rings. The Labute approximate surface area is 198 Å². The van der Waals surface area contributed by atoms with Crippen LogP contribution in [0.1, 0.15) is 40.0 Å². The Morgan fingerprint density at radius 1 is 1.06 bits per heavy atom. The number of nitrogens with zero attached hydrogens (tertiary/aromatic N) is 1. The van der Waals surface area contributed by atoms with Gasteiger partial charge in [-0.15, -0.1) is 0 Å². The summed E-state index contributed by atoms with van der Waals surface area (Å²) in [5.41, 5.74) is 4.67. The number of fused-ring (bicyclic) bond motifs is 2. The molecule has 4 nitrogen and oxygen atoms in total. The Hall–Kier alpha value is -3.15. The maximum Gasteiger partial charge on any atom is 0.255 e. The molecule has 1 unspecified atom stereocenters. The third kappa shape index (κ3) is 4.52. The van der Waals surface area contributed by atoms with Crippen LogP contribution in [0.25, 0.3) is 10.8 Å². The zero-order valence-corrected chi connectivity index (χ0v) is 19.6. The van der Waals surface area contributed by atoms with Gasteiger partial charge in [0.15, 0.2) is 0 Å². The van der Waals surface area contributed by atoms with Crippen molar-refractivity contribution >= 4 is 28.0 Å². The molecule has 1 aliphatic rings. The lowest BCUT2D eigenvalue weighted by molar-refractivity contribution is 0.0926. The molecule has 1 aromatic heterocycles. The number of hydrogen-bond acceptors (Lipinski definition) is 4. The molecule has 5 rings (SSSR count). The van der Waals surface area contributed by atoms with Gasteiger partial charge in [-0.05, 0) is 63.7 Å². The van der Waals surface area contributed by atoms with Gasteiger partial charge in [-0.1, -0.05) is 54.6 Å². The SMILES string of the molecule is CCOc1ccc2ccccc2c1C(=O)NCC(c1ccsc1)N1CCc2ccccc2C1. The van der Waals surface area contributed by atoms with Crippen LogP contribution in [0.3, 0.4) is 0 Å².